The second-order valence-corrected chi connectivity index (χ2v) is 7.63. The molecule has 0 amide bonds. The lowest BCUT2D eigenvalue weighted by atomic mass is 9.90. The molecule has 2 heterocycles. The van der Waals surface area contributed by atoms with E-state index >= 15 is 0 Å². The maximum absolute atomic E-state index is 5.94. The fraction of sp³-hybridized carbons (Fsp3) is 0.682. The van der Waals surface area contributed by atoms with Gasteiger partial charge in [-0.3, -0.25) is 4.99 Å². The standard InChI is InChI=1S/C22H35N3O2.HI/c1-23-22(24-12-5-15-27-21-10-16-26-17-11-21)25-13-8-20(9-14-25)18-19-6-3-2-4-7-19;/h2-4,6-7,20-21H,5,8-18H2,1H3,(H,23,24);1H. The van der Waals surface area contributed by atoms with Crippen molar-refractivity contribution in [1.82, 2.24) is 10.2 Å². The summed E-state index contributed by atoms with van der Waals surface area (Å²) in [4.78, 5) is 6.89. The molecule has 158 valence electrons. The molecule has 3 rings (SSSR count). The van der Waals surface area contributed by atoms with Crippen molar-refractivity contribution in [3.63, 3.8) is 0 Å². The molecule has 0 aromatic heterocycles. The summed E-state index contributed by atoms with van der Waals surface area (Å²) >= 11 is 0. The molecule has 0 radical (unpaired) electrons. The molecule has 1 aromatic carbocycles. The zero-order valence-corrected chi connectivity index (χ0v) is 19.5. The number of aliphatic imine (C=N–C) groups is 1. The molecule has 28 heavy (non-hydrogen) atoms. The third-order valence-corrected chi connectivity index (χ3v) is 5.62. The van der Waals surface area contributed by atoms with E-state index in [-0.39, 0.29) is 24.0 Å². The summed E-state index contributed by atoms with van der Waals surface area (Å²) in [5.41, 5.74) is 1.46. The van der Waals surface area contributed by atoms with E-state index in [4.69, 9.17) is 9.47 Å². The van der Waals surface area contributed by atoms with Crippen LogP contribution in [-0.4, -0.2) is 63.5 Å². The number of halogens is 1. The number of piperidine rings is 1. The number of likely N-dealkylation sites (tertiary alicyclic amines) is 1. The van der Waals surface area contributed by atoms with Crippen LogP contribution in [0.2, 0.25) is 0 Å². The minimum atomic E-state index is 0. The molecule has 2 saturated heterocycles. The number of nitrogens with zero attached hydrogens (tertiary/aromatic N) is 2. The Morgan fingerprint density at radius 1 is 1.14 bits per heavy atom. The predicted octanol–water partition coefficient (Wildman–Crippen LogP) is 3.72. The molecule has 0 bridgehead atoms. The van der Waals surface area contributed by atoms with Gasteiger partial charge in [0.1, 0.15) is 0 Å². The molecule has 2 fully saturated rings. The first-order valence-corrected chi connectivity index (χ1v) is 10.5. The van der Waals surface area contributed by atoms with Crippen LogP contribution in [0, 0.1) is 5.92 Å². The predicted molar refractivity (Wildman–Crippen MR) is 126 cm³/mol. The van der Waals surface area contributed by atoms with E-state index in [1.807, 2.05) is 7.05 Å². The molecule has 6 heteroatoms. The minimum absolute atomic E-state index is 0. The Morgan fingerprint density at radius 2 is 1.86 bits per heavy atom. The van der Waals surface area contributed by atoms with E-state index in [0.29, 0.717) is 6.10 Å². The molecule has 5 nitrogen and oxygen atoms in total. The highest BCUT2D eigenvalue weighted by molar-refractivity contribution is 14.0. The lowest BCUT2D eigenvalue weighted by Crippen LogP contribution is -2.46. The second kappa shape index (κ2) is 13.4. The highest BCUT2D eigenvalue weighted by Gasteiger charge is 2.21. The van der Waals surface area contributed by atoms with Crippen LogP contribution in [0.4, 0.5) is 0 Å². The average Bonchev–Trinajstić information content (AvgIpc) is 2.73. The summed E-state index contributed by atoms with van der Waals surface area (Å²) in [7, 11) is 1.89. The maximum Gasteiger partial charge on any atom is 0.193 e. The van der Waals surface area contributed by atoms with Crippen molar-refractivity contribution in [2.45, 2.75) is 44.6 Å². The quantitative estimate of drug-likeness (QED) is 0.268. The highest BCUT2D eigenvalue weighted by Crippen LogP contribution is 2.21. The third kappa shape index (κ3) is 7.87. The van der Waals surface area contributed by atoms with Crippen molar-refractivity contribution in [2.24, 2.45) is 10.9 Å². The minimum Gasteiger partial charge on any atom is -0.381 e. The molecule has 2 aliphatic heterocycles. The van der Waals surface area contributed by atoms with Crippen LogP contribution in [-0.2, 0) is 15.9 Å². The largest absolute Gasteiger partial charge is 0.381 e. The van der Waals surface area contributed by atoms with Crippen molar-refractivity contribution in [3.05, 3.63) is 35.9 Å². The van der Waals surface area contributed by atoms with Crippen molar-refractivity contribution in [3.8, 4) is 0 Å². The van der Waals surface area contributed by atoms with Gasteiger partial charge in [-0.1, -0.05) is 30.3 Å². The number of guanidine groups is 1. The van der Waals surface area contributed by atoms with Crippen molar-refractivity contribution in [1.29, 1.82) is 0 Å². The van der Waals surface area contributed by atoms with Gasteiger partial charge in [-0.25, -0.2) is 0 Å². The Hall–Kier alpha value is -0.860. The van der Waals surface area contributed by atoms with Gasteiger partial charge in [-0.2, -0.15) is 0 Å². The number of ether oxygens (including phenoxy) is 2. The number of hydrogen-bond acceptors (Lipinski definition) is 3. The van der Waals surface area contributed by atoms with E-state index in [2.05, 4.69) is 45.5 Å². The van der Waals surface area contributed by atoms with Crippen LogP contribution in [0.5, 0.6) is 0 Å². The Labute approximate surface area is 187 Å². The molecule has 1 aromatic rings. The Kier molecular flexibility index (Phi) is 11.2. The fourth-order valence-corrected chi connectivity index (χ4v) is 3.99. The molecule has 2 aliphatic rings. The van der Waals surface area contributed by atoms with Crippen molar-refractivity contribution >= 4 is 29.9 Å². The zero-order chi connectivity index (χ0) is 18.7. The smallest absolute Gasteiger partial charge is 0.193 e. The molecule has 0 aliphatic carbocycles. The van der Waals surface area contributed by atoms with Crippen LogP contribution < -0.4 is 5.32 Å². The third-order valence-electron chi connectivity index (χ3n) is 5.62. The number of nitrogens with one attached hydrogen (secondary N) is 1. The summed E-state index contributed by atoms with van der Waals surface area (Å²) in [5, 5.41) is 3.51. The summed E-state index contributed by atoms with van der Waals surface area (Å²) in [6, 6.07) is 10.9. The van der Waals surface area contributed by atoms with Gasteiger partial charge in [0, 0.05) is 46.5 Å². The Bertz CT molecular complexity index is 556. The molecule has 1 N–H and O–H groups in total. The van der Waals surface area contributed by atoms with E-state index in [1.54, 1.807) is 0 Å². The second-order valence-electron chi connectivity index (χ2n) is 7.63. The van der Waals surface area contributed by atoms with Crippen LogP contribution >= 0.6 is 24.0 Å². The topological polar surface area (TPSA) is 46.1 Å². The molecule has 0 atom stereocenters. The summed E-state index contributed by atoms with van der Waals surface area (Å²) in [5.74, 6) is 1.83. The first kappa shape index (κ1) is 23.4. The number of benzene rings is 1. The van der Waals surface area contributed by atoms with E-state index < -0.39 is 0 Å². The van der Waals surface area contributed by atoms with Crippen LogP contribution in [0.3, 0.4) is 0 Å². The Balaban J connectivity index is 0.00000280. The summed E-state index contributed by atoms with van der Waals surface area (Å²) < 4.78 is 11.3. The van der Waals surface area contributed by atoms with Gasteiger partial charge < -0.3 is 19.7 Å². The number of hydrogen-bond donors (Lipinski definition) is 1. The SMILES string of the molecule is CN=C(NCCCOC1CCOCC1)N1CCC(Cc2ccccc2)CC1.I. The fourth-order valence-electron chi connectivity index (χ4n) is 3.99. The molecule has 0 unspecified atom stereocenters. The van der Waals surface area contributed by atoms with E-state index in [9.17, 15) is 0 Å². The first-order valence-electron chi connectivity index (χ1n) is 10.5. The monoisotopic (exact) mass is 501 g/mol. The van der Waals surface area contributed by atoms with Gasteiger partial charge in [0.2, 0.25) is 0 Å². The van der Waals surface area contributed by atoms with Crippen LogP contribution in [0.25, 0.3) is 0 Å². The normalized spacial score (nSPS) is 19.3. The van der Waals surface area contributed by atoms with Gasteiger partial charge in [-0.05, 0) is 50.0 Å². The van der Waals surface area contributed by atoms with Gasteiger partial charge in [-0.15, -0.1) is 24.0 Å². The van der Waals surface area contributed by atoms with Gasteiger partial charge in [0.05, 0.1) is 6.10 Å². The molecule has 0 saturated carbocycles. The summed E-state index contributed by atoms with van der Waals surface area (Å²) in [6.07, 6.45) is 7.15. The van der Waals surface area contributed by atoms with E-state index in [0.717, 1.165) is 70.6 Å². The molecular weight excluding hydrogens is 465 g/mol. The average molecular weight is 501 g/mol. The number of rotatable bonds is 7. The van der Waals surface area contributed by atoms with Crippen LogP contribution in [0.15, 0.2) is 35.3 Å². The van der Waals surface area contributed by atoms with E-state index in [1.165, 1.54) is 24.8 Å². The lowest BCUT2D eigenvalue weighted by molar-refractivity contribution is -0.0320. The molecular formula is C22H36IN3O2. The van der Waals surface area contributed by atoms with Gasteiger partial charge in [0.15, 0.2) is 5.96 Å². The molecule has 0 spiro atoms. The van der Waals surface area contributed by atoms with Crippen molar-refractivity contribution in [2.75, 3.05) is 46.5 Å². The highest BCUT2D eigenvalue weighted by atomic mass is 127. The lowest BCUT2D eigenvalue weighted by Gasteiger charge is -2.34. The van der Waals surface area contributed by atoms with Gasteiger partial charge in [0.25, 0.3) is 0 Å². The van der Waals surface area contributed by atoms with Crippen molar-refractivity contribution < 1.29 is 9.47 Å². The summed E-state index contributed by atoms with van der Waals surface area (Å²) in [6.45, 7) is 5.60. The first-order chi connectivity index (χ1) is 13.3. The Morgan fingerprint density at radius 3 is 2.54 bits per heavy atom. The zero-order valence-electron chi connectivity index (χ0n) is 17.1. The maximum atomic E-state index is 5.94. The van der Waals surface area contributed by atoms with Crippen LogP contribution in [0.1, 0.15) is 37.7 Å². The van der Waals surface area contributed by atoms with Gasteiger partial charge >= 0.3 is 0 Å².